The largest absolute Gasteiger partial charge is 0.494 e. The average molecular weight is 246 g/mol. The van der Waals surface area contributed by atoms with Gasteiger partial charge in [0.15, 0.2) is 0 Å². The Morgan fingerprint density at radius 1 is 1.28 bits per heavy atom. The summed E-state index contributed by atoms with van der Waals surface area (Å²) in [6.07, 6.45) is 2.01. The van der Waals surface area contributed by atoms with E-state index in [2.05, 4.69) is 32.2 Å². The molecule has 0 fully saturated rings. The molecule has 0 spiro atoms. The van der Waals surface area contributed by atoms with Crippen LogP contribution in [0.2, 0.25) is 0 Å². The van der Waals surface area contributed by atoms with Gasteiger partial charge >= 0.3 is 0 Å². The molecule has 1 aromatic carbocycles. The van der Waals surface area contributed by atoms with Gasteiger partial charge in [-0.05, 0) is 37.5 Å². The van der Waals surface area contributed by atoms with Crippen molar-refractivity contribution in [1.29, 1.82) is 5.26 Å². The summed E-state index contributed by atoms with van der Waals surface area (Å²) in [7, 11) is 0. The summed E-state index contributed by atoms with van der Waals surface area (Å²) in [6.45, 7) is 7.00. The molecule has 2 atom stereocenters. The molecule has 1 rings (SSSR count). The van der Waals surface area contributed by atoms with Crippen LogP contribution in [0.25, 0.3) is 0 Å². The number of ether oxygens (including phenoxy) is 1. The Bertz CT molecular complexity index is 380. The van der Waals surface area contributed by atoms with Gasteiger partial charge in [-0.25, -0.2) is 0 Å². The highest BCUT2D eigenvalue weighted by Gasteiger charge is 2.12. The summed E-state index contributed by atoms with van der Waals surface area (Å²) in [5.74, 6) is 0.862. The van der Waals surface area contributed by atoms with Crippen LogP contribution in [0.1, 0.15) is 45.2 Å². The molecule has 0 saturated carbocycles. The maximum atomic E-state index is 9.19. The minimum absolute atomic E-state index is 0.250. The number of nitrogens with zero attached hydrogens (tertiary/aromatic N) is 1. The second kappa shape index (κ2) is 7.73. The second-order valence-corrected chi connectivity index (χ2v) is 4.46. The monoisotopic (exact) mass is 246 g/mol. The van der Waals surface area contributed by atoms with Gasteiger partial charge < -0.3 is 4.74 Å². The highest BCUT2D eigenvalue weighted by molar-refractivity contribution is 5.31. The lowest BCUT2D eigenvalue weighted by molar-refractivity contribution is 0.317. The molecule has 3 heteroatoms. The van der Waals surface area contributed by atoms with Gasteiger partial charge in [-0.1, -0.05) is 26.0 Å². The van der Waals surface area contributed by atoms with E-state index in [1.165, 1.54) is 0 Å². The number of nitrogens with one attached hydrogen (secondary N) is 1. The van der Waals surface area contributed by atoms with Gasteiger partial charge in [-0.2, -0.15) is 5.26 Å². The first-order valence-electron chi connectivity index (χ1n) is 6.59. The van der Waals surface area contributed by atoms with E-state index in [1.54, 1.807) is 0 Å². The minimum atomic E-state index is -0.250. The van der Waals surface area contributed by atoms with Gasteiger partial charge in [-0.15, -0.1) is 0 Å². The predicted molar refractivity (Wildman–Crippen MR) is 73.5 cm³/mol. The maximum absolute atomic E-state index is 9.19. The van der Waals surface area contributed by atoms with Crippen molar-refractivity contribution in [3.8, 4) is 11.8 Å². The quantitative estimate of drug-likeness (QED) is 0.801. The molecule has 0 aliphatic heterocycles. The summed E-state index contributed by atoms with van der Waals surface area (Å²) < 4.78 is 5.52. The minimum Gasteiger partial charge on any atom is -0.494 e. The van der Waals surface area contributed by atoms with Crippen LogP contribution in [0.3, 0.4) is 0 Å². The normalized spacial score (nSPS) is 13.7. The van der Waals surface area contributed by atoms with Crippen molar-refractivity contribution in [2.75, 3.05) is 6.61 Å². The lowest BCUT2D eigenvalue weighted by atomic mass is 10.1. The molecule has 0 bridgehead atoms. The average Bonchev–Trinajstić information content (AvgIpc) is 2.42. The fraction of sp³-hybridized carbons (Fsp3) is 0.533. The summed E-state index contributed by atoms with van der Waals surface area (Å²) in [6, 6.07) is 10.1. The lowest BCUT2D eigenvalue weighted by Gasteiger charge is -2.17. The third-order valence-electron chi connectivity index (χ3n) is 2.88. The van der Waals surface area contributed by atoms with Crippen LogP contribution < -0.4 is 10.1 Å². The molecular weight excluding hydrogens is 224 g/mol. The van der Waals surface area contributed by atoms with E-state index in [0.717, 1.165) is 30.8 Å². The van der Waals surface area contributed by atoms with E-state index in [0.29, 0.717) is 6.04 Å². The number of rotatable bonds is 7. The first kappa shape index (κ1) is 14.5. The Balaban J connectivity index is 2.67. The Hall–Kier alpha value is -1.53. The first-order chi connectivity index (χ1) is 8.71. The third-order valence-corrected chi connectivity index (χ3v) is 2.88. The van der Waals surface area contributed by atoms with Gasteiger partial charge in [0, 0.05) is 6.04 Å². The molecule has 0 aromatic heterocycles. The molecular formula is C15H22N2O. The van der Waals surface area contributed by atoms with E-state index in [4.69, 9.17) is 4.74 Å². The van der Waals surface area contributed by atoms with Crippen LogP contribution in [-0.2, 0) is 0 Å². The van der Waals surface area contributed by atoms with Crippen molar-refractivity contribution in [2.45, 2.75) is 45.7 Å². The Morgan fingerprint density at radius 3 is 2.44 bits per heavy atom. The molecule has 3 nitrogen and oxygen atoms in total. The molecule has 0 aliphatic carbocycles. The van der Waals surface area contributed by atoms with Crippen LogP contribution >= 0.6 is 0 Å². The lowest BCUT2D eigenvalue weighted by Crippen LogP contribution is -2.29. The molecule has 98 valence electrons. The van der Waals surface area contributed by atoms with E-state index < -0.39 is 0 Å². The summed E-state index contributed by atoms with van der Waals surface area (Å²) in [4.78, 5) is 0. The fourth-order valence-electron chi connectivity index (χ4n) is 1.59. The number of hydrogen-bond acceptors (Lipinski definition) is 3. The fourth-order valence-corrected chi connectivity index (χ4v) is 1.59. The zero-order valence-corrected chi connectivity index (χ0v) is 11.4. The summed E-state index contributed by atoms with van der Waals surface area (Å²) >= 11 is 0. The number of benzene rings is 1. The standard InChI is InChI=1S/C15H22N2O/c1-4-10-18-14-8-6-13(7-9-14)15(11-16)17-12(3)5-2/h6-9,12,15,17H,4-5,10H2,1-3H3. The van der Waals surface area contributed by atoms with Crippen LogP contribution in [-0.4, -0.2) is 12.6 Å². The predicted octanol–water partition coefficient (Wildman–Crippen LogP) is 3.43. The smallest absolute Gasteiger partial charge is 0.121 e. The number of hydrogen-bond donors (Lipinski definition) is 1. The van der Waals surface area contributed by atoms with Gasteiger partial charge in [0.05, 0.1) is 12.7 Å². The van der Waals surface area contributed by atoms with E-state index >= 15 is 0 Å². The zero-order chi connectivity index (χ0) is 13.4. The van der Waals surface area contributed by atoms with Gasteiger partial charge in [0.25, 0.3) is 0 Å². The van der Waals surface area contributed by atoms with Gasteiger partial charge in [-0.3, -0.25) is 5.32 Å². The summed E-state index contributed by atoms with van der Waals surface area (Å²) in [5, 5.41) is 12.5. The Kier molecular flexibility index (Phi) is 6.24. The van der Waals surface area contributed by atoms with E-state index in [1.807, 2.05) is 24.3 Å². The highest BCUT2D eigenvalue weighted by Crippen LogP contribution is 2.18. The Morgan fingerprint density at radius 2 is 1.94 bits per heavy atom. The molecule has 0 heterocycles. The van der Waals surface area contributed by atoms with Crippen LogP contribution in [0, 0.1) is 11.3 Å². The zero-order valence-electron chi connectivity index (χ0n) is 11.4. The van der Waals surface area contributed by atoms with Crippen molar-refractivity contribution >= 4 is 0 Å². The van der Waals surface area contributed by atoms with E-state index in [9.17, 15) is 5.26 Å². The third kappa shape index (κ3) is 4.38. The van der Waals surface area contributed by atoms with Crippen LogP contribution in [0.4, 0.5) is 0 Å². The number of nitriles is 1. The molecule has 0 aliphatic rings. The first-order valence-corrected chi connectivity index (χ1v) is 6.59. The molecule has 0 radical (unpaired) electrons. The molecule has 2 unspecified atom stereocenters. The van der Waals surface area contributed by atoms with Gasteiger partial charge in [0.1, 0.15) is 11.8 Å². The molecule has 0 amide bonds. The van der Waals surface area contributed by atoms with Crippen LogP contribution in [0.5, 0.6) is 5.75 Å². The Labute approximate surface area is 110 Å². The van der Waals surface area contributed by atoms with Crippen molar-refractivity contribution in [3.05, 3.63) is 29.8 Å². The van der Waals surface area contributed by atoms with Crippen molar-refractivity contribution in [1.82, 2.24) is 5.32 Å². The van der Waals surface area contributed by atoms with Crippen molar-refractivity contribution in [2.24, 2.45) is 0 Å². The van der Waals surface area contributed by atoms with Crippen molar-refractivity contribution in [3.63, 3.8) is 0 Å². The topological polar surface area (TPSA) is 45.0 Å². The SMILES string of the molecule is CCCOc1ccc(C(C#N)NC(C)CC)cc1. The maximum Gasteiger partial charge on any atom is 0.121 e. The van der Waals surface area contributed by atoms with Crippen LogP contribution in [0.15, 0.2) is 24.3 Å². The molecule has 1 N–H and O–H groups in total. The molecule has 18 heavy (non-hydrogen) atoms. The molecule has 0 saturated heterocycles. The second-order valence-electron chi connectivity index (χ2n) is 4.46. The molecule has 1 aromatic rings. The summed E-state index contributed by atoms with van der Waals surface area (Å²) in [5.41, 5.74) is 0.988. The van der Waals surface area contributed by atoms with Gasteiger partial charge in [0.2, 0.25) is 0 Å². The van der Waals surface area contributed by atoms with Crippen molar-refractivity contribution < 1.29 is 4.74 Å². The highest BCUT2D eigenvalue weighted by atomic mass is 16.5. The van der Waals surface area contributed by atoms with E-state index in [-0.39, 0.29) is 6.04 Å².